The number of esters is 1. The molecule has 3 atom stereocenters. The minimum Gasteiger partial charge on any atom is -0.504 e. The van der Waals surface area contributed by atoms with Crippen molar-refractivity contribution in [2.75, 3.05) is 13.2 Å². The number of benzene rings is 2. The minimum absolute atomic E-state index is 0.00714. The first-order valence-electron chi connectivity index (χ1n) is 12.4. The molecule has 36 heavy (non-hydrogen) atoms. The molecule has 190 valence electrons. The number of ether oxygens (including phenoxy) is 2. The van der Waals surface area contributed by atoms with Crippen molar-refractivity contribution in [3.63, 3.8) is 0 Å². The minimum atomic E-state index is -0.585. The number of phenols is 1. The second kappa shape index (κ2) is 10.9. The molecular formula is C29H32ClNO5. The van der Waals surface area contributed by atoms with E-state index in [0.717, 1.165) is 11.3 Å². The molecule has 2 aromatic carbocycles. The average Bonchev–Trinajstić information content (AvgIpc) is 2.83. The van der Waals surface area contributed by atoms with E-state index in [0.29, 0.717) is 47.1 Å². The number of ketones is 1. The van der Waals surface area contributed by atoms with Crippen molar-refractivity contribution < 1.29 is 24.2 Å². The molecule has 0 aromatic heterocycles. The van der Waals surface area contributed by atoms with E-state index >= 15 is 0 Å². The number of allylic oxidation sites excluding steroid dienone is 1. The summed E-state index contributed by atoms with van der Waals surface area (Å²) in [5.74, 6) is -1.11. The second-order valence-electron chi connectivity index (χ2n) is 9.83. The molecule has 1 aliphatic heterocycles. The molecule has 1 unspecified atom stereocenters. The van der Waals surface area contributed by atoms with Crippen LogP contribution in [0.5, 0.6) is 11.5 Å². The molecule has 0 saturated heterocycles. The quantitative estimate of drug-likeness (QED) is 0.448. The highest BCUT2D eigenvalue weighted by Crippen LogP contribution is 2.47. The number of Topliss-reactive ketones (excluding diaryl/α,β-unsaturated/α-hetero) is 1. The molecule has 0 amide bonds. The van der Waals surface area contributed by atoms with Crippen LogP contribution in [0, 0.1) is 11.8 Å². The number of phenolic OH excluding ortho intramolecular Hbond substituents is 1. The van der Waals surface area contributed by atoms with E-state index in [2.05, 4.69) is 0 Å². The predicted octanol–water partition coefficient (Wildman–Crippen LogP) is 6.22. The maximum Gasteiger partial charge on any atom is 0.336 e. The van der Waals surface area contributed by atoms with Gasteiger partial charge < -0.3 is 14.6 Å². The number of carbonyl (C=O) groups is 2. The smallest absolute Gasteiger partial charge is 0.336 e. The summed E-state index contributed by atoms with van der Waals surface area (Å²) in [5.41, 5.74) is 3.45. The van der Waals surface area contributed by atoms with Crippen molar-refractivity contribution in [3.8, 4) is 11.5 Å². The van der Waals surface area contributed by atoms with E-state index in [-0.39, 0.29) is 30.0 Å². The van der Waals surface area contributed by atoms with Crippen molar-refractivity contribution in [3.05, 3.63) is 69.9 Å². The third kappa shape index (κ3) is 5.34. The Labute approximate surface area is 217 Å². The molecule has 0 spiro atoms. The Morgan fingerprint density at radius 2 is 1.81 bits per heavy atom. The lowest BCUT2D eigenvalue weighted by molar-refractivity contribution is -0.140. The van der Waals surface area contributed by atoms with Crippen LogP contribution in [0.4, 0.5) is 0 Å². The Morgan fingerprint density at radius 1 is 1.11 bits per heavy atom. The number of aliphatic imine (C=N–C) groups is 1. The van der Waals surface area contributed by atoms with E-state index in [1.165, 1.54) is 0 Å². The van der Waals surface area contributed by atoms with Crippen molar-refractivity contribution in [2.24, 2.45) is 16.8 Å². The third-order valence-corrected chi connectivity index (χ3v) is 6.96. The van der Waals surface area contributed by atoms with Gasteiger partial charge in [-0.05, 0) is 67.5 Å². The topological polar surface area (TPSA) is 85.2 Å². The molecule has 7 heteroatoms. The lowest BCUT2D eigenvalue weighted by Crippen LogP contribution is -2.41. The number of rotatable bonds is 7. The molecule has 1 aliphatic carbocycles. The summed E-state index contributed by atoms with van der Waals surface area (Å²) < 4.78 is 11.2. The molecule has 2 aromatic rings. The highest BCUT2D eigenvalue weighted by atomic mass is 35.5. The van der Waals surface area contributed by atoms with Crippen molar-refractivity contribution in [2.45, 2.75) is 52.4 Å². The first-order chi connectivity index (χ1) is 17.2. The Kier molecular flexibility index (Phi) is 7.84. The molecule has 0 bridgehead atoms. The number of nitrogens with zero attached hydrogens (tertiary/aromatic N) is 1. The fourth-order valence-electron chi connectivity index (χ4n) is 5.09. The van der Waals surface area contributed by atoms with Crippen LogP contribution in [0.1, 0.15) is 63.5 Å². The van der Waals surface area contributed by atoms with E-state index in [1.807, 2.05) is 45.0 Å². The fourth-order valence-corrected chi connectivity index (χ4v) is 5.21. The zero-order valence-electron chi connectivity index (χ0n) is 21.1. The average molecular weight is 510 g/mol. The number of hydrogen-bond acceptors (Lipinski definition) is 6. The summed E-state index contributed by atoms with van der Waals surface area (Å²) in [4.78, 5) is 31.8. The van der Waals surface area contributed by atoms with E-state index < -0.39 is 17.8 Å². The van der Waals surface area contributed by atoms with Crippen LogP contribution in [-0.4, -0.2) is 35.8 Å². The summed E-state index contributed by atoms with van der Waals surface area (Å²) in [6.07, 6.45) is 0.947. The van der Waals surface area contributed by atoms with Gasteiger partial charge in [-0.1, -0.05) is 43.6 Å². The maximum atomic E-state index is 13.7. The number of carbonyl (C=O) groups excluding carboxylic acids is 2. The Bertz CT molecular complexity index is 1210. The standard InChI is InChI=1S/C29H32ClNO5/c1-5-35-25-14-19(8-11-23(25)32)27-26(29(34)36-15-16(2)3)17(4)31-22-12-20(13-24(33)28(22)27)18-6-9-21(30)10-7-18/h6-11,14,16,20,27-28,32H,5,12-13,15H2,1-4H3/t20-,27-,28?/m1/s1. The van der Waals surface area contributed by atoms with Crippen LogP contribution < -0.4 is 4.74 Å². The number of halogens is 1. The highest BCUT2D eigenvalue weighted by Gasteiger charge is 2.46. The monoisotopic (exact) mass is 509 g/mol. The molecule has 1 N–H and O–H groups in total. The molecule has 1 fully saturated rings. The predicted molar refractivity (Wildman–Crippen MR) is 140 cm³/mol. The molecular weight excluding hydrogens is 478 g/mol. The molecule has 6 nitrogen and oxygen atoms in total. The van der Waals surface area contributed by atoms with Crippen molar-refractivity contribution in [1.82, 2.24) is 0 Å². The van der Waals surface area contributed by atoms with Crippen molar-refractivity contribution >= 4 is 29.1 Å². The van der Waals surface area contributed by atoms with Crippen LogP contribution in [0.25, 0.3) is 0 Å². The fraction of sp³-hybridized carbons (Fsp3) is 0.414. The first kappa shape index (κ1) is 26.0. The van der Waals surface area contributed by atoms with Gasteiger partial charge in [0.1, 0.15) is 5.78 Å². The third-order valence-electron chi connectivity index (χ3n) is 6.71. The van der Waals surface area contributed by atoms with Gasteiger partial charge in [-0.2, -0.15) is 0 Å². The zero-order chi connectivity index (χ0) is 26.0. The van der Waals surface area contributed by atoms with Crippen LogP contribution in [0.3, 0.4) is 0 Å². The summed E-state index contributed by atoms with van der Waals surface area (Å²) in [7, 11) is 0. The summed E-state index contributed by atoms with van der Waals surface area (Å²) in [6, 6.07) is 12.6. The van der Waals surface area contributed by atoms with Gasteiger partial charge in [-0.15, -0.1) is 0 Å². The summed E-state index contributed by atoms with van der Waals surface area (Å²) in [5, 5.41) is 10.9. The Morgan fingerprint density at radius 3 is 2.47 bits per heavy atom. The number of fused-ring (bicyclic) bond motifs is 1. The largest absolute Gasteiger partial charge is 0.504 e. The SMILES string of the molecule is CCOc1cc([C@@H]2C(C(=O)OCC(C)C)=C(C)N=C3C[C@@H](c4ccc(Cl)cc4)CC(=O)C32)ccc1O. The molecule has 2 aliphatic rings. The van der Waals surface area contributed by atoms with Gasteiger partial charge in [-0.25, -0.2) is 4.79 Å². The van der Waals surface area contributed by atoms with Gasteiger partial charge in [0, 0.05) is 28.8 Å². The second-order valence-corrected chi connectivity index (χ2v) is 10.3. The molecule has 0 radical (unpaired) electrons. The molecule has 1 heterocycles. The van der Waals surface area contributed by atoms with Gasteiger partial charge in [0.25, 0.3) is 0 Å². The molecule has 1 saturated carbocycles. The summed E-state index contributed by atoms with van der Waals surface area (Å²) in [6.45, 7) is 8.21. The van der Waals surface area contributed by atoms with Gasteiger partial charge in [0.15, 0.2) is 11.5 Å². The first-order valence-corrected chi connectivity index (χ1v) is 12.8. The lowest BCUT2D eigenvalue weighted by Gasteiger charge is -2.38. The summed E-state index contributed by atoms with van der Waals surface area (Å²) >= 11 is 6.06. The zero-order valence-corrected chi connectivity index (χ0v) is 21.8. The van der Waals surface area contributed by atoms with Gasteiger partial charge >= 0.3 is 5.97 Å². The molecule has 4 rings (SSSR count). The van der Waals surface area contributed by atoms with Crippen LogP contribution in [0.2, 0.25) is 5.02 Å². The van der Waals surface area contributed by atoms with Crippen LogP contribution in [0.15, 0.2) is 58.7 Å². The van der Waals surface area contributed by atoms with Crippen LogP contribution >= 0.6 is 11.6 Å². The number of aromatic hydroxyl groups is 1. The number of hydrogen-bond donors (Lipinski definition) is 1. The Hall–Kier alpha value is -3.12. The van der Waals surface area contributed by atoms with Gasteiger partial charge in [0.05, 0.1) is 24.7 Å². The van der Waals surface area contributed by atoms with E-state index in [9.17, 15) is 14.7 Å². The van der Waals surface area contributed by atoms with E-state index in [1.54, 1.807) is 25.1 Å². The Balaban J connectivity index is 1.78. The van der Waals surface area contributed by atoms with E-state index in [4.69, 9.17) is 26.1 Å². The van der Waals surface area contributed by atoms with Crippen molar-refractivity contribution in [1.29, 1.82) is 0 Å². The maximum absolute atomic E-state index is 13.7. The highest BCUT2D eigenvalue weighted by molar-refractivity contribution is 6.30. The lowest BCUT2D eigenvalue weighted by atomic mass is 9.66. The normalized spacial score (nSPS) is 21.8. The van der Waals surface area contributed by atoms with Crippen LogP contribution in [-0.2, 0) is 14.3 Å². The van der Waals surface area contributed by atoms with Gasteiger partial charge in [0.2, 0.25) is 0 Å². The van der Waals surface area contributed by atoms with Gasteiger partial charge in [-0.3, -0.25) is 9.79 Å².